The van der Waals surface area contributed by atoms with Crippen molar-refractivity contribution in [3.05, 3.63) is 59.2 Å². The number of ketones is 1. The van der Waals surface area contributed by atoms with Crippen molar-refractivity contribution in [2.24, 2.45) is 0 Å². The second kappa shape index (κ2) is 12.8. The Balaban J connectivity index is 1.74. The van der Waals surface area contributed by atoms with Gasteiger partial charge in [-0.05, 0) is 68.1 Å². The van der Waals surface area contributed by atoms with Crippen LogP contribution >= 0.6 is 0 Å². The lowest BCUT2D eigenvalue weighted by molar-refractivity contribution is -0.140. The van der Waals surface area contributed by atoms with E-state index in [0.29, 0.717) is 31.7 Å². The lowest BCUT2D eigenvalue weighted by Crippen LogP contribution is -2.31. The summed E-state index contributed by atoms with van der Waals surface area (Å²) in [6, 6.07) is 9.29. The molecule has 1 unspecified atom stereocenters. The minimum atomic E-state index is -3.70. The first-order chi connectivity index (χ1) is 19.2. The Kier molecular flexibility index (Phi) is 9.49. The predicted octanol–water partition coefficient (Wildman–Crippen LogP) is 3.81. The molecule has 0 saturated carbocycles. The first-order valence-corrected chi connectivity index (χ1v) is 15.0. The highest BCUT2D eigenvalue weighted by Crippen LogP contribution is 2.42. The molecule has 2 saturated heterocycles. The number of hydrogen-bond donors (Lipinski definition) is 2. The molecule has 40 heavy (non-hydrogen) atoms. The van der Waals surface area contributed by atoms with Crippen LogP contribution in [-0.4, -0.2) is 79.5 Å². The molecule has 11 heteroatoms. The molecule has 2 aliphatic rings. The van der Waals surface area contributed by atoms with Gasteiger partial charge in [0.05, 0.1) is 23.1 Å². The Morgan fingerprint density at radius 2 is 1.70 bits per heavy atom. The largest absolute Gasteiger partial charge is 0.507 e. The molecule has 0 aliphatic carbocycles. The predicted molar refractivity (Wildman–Crippen MR) is 148 cm³/mol. The van der Waals surface area contributed by atoms with E-state index in [-0.39, 0.29) is 40.7 Å². The third-order valence-electron chi connectivity index (χ3n) is 7.22. The van der Waals surface area contributed by atoms with Crippen LogP contribution in [0, 0.1) is 0 Å². The number of ether oxygens (including phenoxy) is 2. The second-order valence-corrected chi connectivity index (χ2v) is 11.8. The molecule has 1 amide bonds. The minimum absolute atomic E-state index is 0.0943. The highest BCUT2D eigenvalue weighted by molar-refractivity contribution is 7.89. The van der Waals surface area contributed by atoms with Gasteiger partial charge in [-0.1, -0.05) is 18.9 Å². The summed E-state index contributed by atoms with van der Waals surface area (Å²) in [5.74, 6) is -1.95. The monoisotopic (exact) mass is 572 g/mol. The van der Waals surface area contributed by atoms with Crippen molar-refractivity contribution in [3.63, 3.8) is 0 Å². The Bertz CT molecular complexity index is 1360. The summed E-state index contributed by atoms with van der Waals surface area (Å²) in [4.78, 5) is 27.9. The van der Waals surface area contributed by atoms with Gasteiger partial charge in [-0.15, -0.1) is 0 Å². The number of phenolic OH excluding ortho intramolecular Hbond substituents is 1. The van der Waals surface area contributed by atoms with Crippen LogP contribution in [0.2, 0.25) is 0 Å². The summed E-state index contributed by atoms with van der Waals surface area (Å²) in [6.07, 6.45) is 4.07. The van der Waals surface area contributed by atoms with Gasteiger partial charge in [0.1, 0.15) is 5.76 Å². The van der Waals surface area contributed by atoms with Crippen molar-refractivity contribution in [3.8, 4) is 11.5 Å². The smallest absolute Gasteiger partial charge is 0.295 e. The molecule has 2 fully saturated rings. The van der Waals surface area contributed by atoms with E-state index in [0.717, 1.165) is 25.7 Å². The molecule has 0 bridgehead atoms. The first-order valence-electron chi connectivity index (χ1n) is 13.5. The van der Waals surface area contributed by atoms with Crippen LogP contribution in [0.3, 0.4) is 0 Å². The van der Waals surface area contributed by atoms with E-state index >= 15 is 0 Å². The van der Waals surface area contributed by atoms with Gasteiger partial charge in [0.15, 0.2) is 11.5 Å². The standard InChI is InChI=1S/C29H36N2O8S/c1-3-39-24-19-21(11-14-23(24)32)26-25(28(34)29(35)31(26)17-8-18-38-2)27(33)20-9-12-22(13-10-20)40(36,37)30-15-6-4-5-7-16-30/h9-14,19,26,32-33H,3-8,15-18H2,1-2H3/b27-25+. The van der Waals surface area contributed by atoms with Gasteiger partial charge in [-0.25, -0.2) is 8.42 Å². The lowest BCUT2D eigenvalue weighted by Gasteiger charge is -2.26. The van der Waals surface area contributed by atoms with E-state index in [1.807, 2.05) is 0 Å². The number of carbonyl (C=O) groups is 2. The number of phenols is 1. The maximum Gasteiger partial charge on any atom is 0.295 e. The second-order valence-electron chi connectivity index (χ2n) is 9.84. The number of sulfonamides is 1. The van der Waals surface area contributed by atoms with Gasteiger partial charge < -0.3 is 24.6 Å². The lowest BCUT2D eigenvalue weighted by atomic mass is 9.95. The third kappa shape index (κ3) is 6.01. The fraction of sp³-hybridized carbons (Fsp3) is 0.448. The molecule has 0 spiro atoms. The third-order valence-corrected chi connectivity index (χ3v) is 9.13. The average molecular weight is 573 g/mol. The van der Waals surface area contributed by atoms with Gasteiger partial charge in [-0.2, -0.15) is 4.31 Å². The number of methoxy groups -OCH3 is 1. The molecule has 2 aliphatic heterocycles. The molecule has 0 aromatic heterocycles. The molecule has 10 nitrogen and oxygen atoms in total. The van der Waals surface area contributed by atoms with E-state index in [1.54, 1.807) is 19.1 Å². The molecule has 2 aromatic carbocycles. The van der Waals surface area contributed by atoms with E-state index in [1.165, 1.54) is 46.6 Å². The van der Waals surface area contributed by atoms with Crippen LogP contribution in [-0.2, 0) is 24.3 Å². The summed E-state index contributed by atoms with van der Waals surface area (Å²) in [7, 11) is -2.16. The van der Waals surface area contributed by atoms with Crippen LogP contribution in [0.25, 0.3) is 5.76 Å². The van der Waals surface area contributed by atoms with Crippen LogP contribution in [0.5, 0.6) is 11.5 Å². The zero-order chi connectivity index (χ0) is 28.9. The van der Waals surface area contributed by atoms with Gasteiger partial charge >= 0.3 is 0 Å². The van der Waals surface area contributed by atoms with Crippen LogP contribution in [0.15, 0.2) is 52.9 Å². The Morgan fingerprint density at radius 1 is 1.02 bits per heavy atom. The Morgan fingerprint density at radius 3 is 2.33 bits per heavy atom. The van der Waals surface area contributed by atoms with E-state index in [2.05, 4.69) is 0 Å². The summed E-state index contributed by atoms with van der Waals surface area (Å²) < 4.78 is 38.5. The molecular weight excluding hydrogens is 536 g/mol. The Hall–Kier alpha value is -3.41. The molecule has 216 valence electrons. The highest BCUT2D eigenvalue weighted by atomic mass is 32.2. The maximum atomic E-state index is 13.3. The van der Waals surface area contributed by atoms with Crippen LogP contribution < -0.4 is 4.74 Å². The summed E-state index contributed by atoms with van der Waals surface area (Å²) in [5.41, 5.74) is 0.553. The zero-order valence-corrected chi connectivity index (χ0v) is 23.7. The number of aliphatic hydroxyl groups excluding tert-OH is 1. The van der Waals surface area contributed by atoms with Gasteiger partial charge in [0.2, 0.25) is 10.0 Å². The number of likely N-dealkylation sites (tertiary alicyclic amines) is 1. The number of benzene rings is 2. The van der Waals surface area contributed by atoms with E-state index in [4.69, 9.17) is 9.47 Å². The number of carbonyl (C=O) groups excluding carboxylic acids is 2. The van der Waals surface area contributed by atoms with Crippen LogP contribution in [0.4, 0.5) is 0 Å². The summed E-state index contributed by atoms with van der Waals surface area (Å²) in [6.45, 7) is 3.54. The summed E-state index contributed by atoms with van der Waals surface area (Å²) >= 11 is 0. The van der Waals surface area contributed by atoms with E-state index in [9.17, 15) is 28.2 Å². The first kappa shape index (κ1) is 29.6. The minimum Gasteiger partial charge on any atom is -0.507 e. The normalized spacial score (nSPS) is 20.1. The van der Waals surface area contributed by atoms with E-state index < -0.39 is 33.5 Å². The topological polar surface area (TPSA) is 134 Å². The van der Waals surface area contributed by atoms with Crippen molar-refractivity contribution in [1.29, 1.82) is 0 Å². The molecule has 2 heterocycles. The Labute approximate surface area is 234 Å². The van der Waals surface area contributed by atoms with Gasteiger partial charge in [-0.3, -0.25) is 9.59 Å². The number of Topliss-reactive ketones (excluding diaryl/α,β-unsaturated/α-hetero) is 1. The molecule has 0 radical (unpaired) electrons. The van der Waals surface area contributed by atoms with Crippen LogP contribution in [0.1, 0.15) is 56.2 Å². The van der Waals surface area contributed by atoms with Crippen molar-refractivity contribution >= 4 is 27.5 Å². The zero-order valence-electron chi connectivity index (χ0n) is 22.8. The molecule has 1 atom stereocenters. The number of hydrogen-bond acceptors (Lipinski definition) is 8. The van der Waals surface area contributed by atoms with Gasteiger partial charge in [0.25, 0.3) is 11.7 Å². The fourth-order valence-corrected chi connectivity index (χ4v) is 6.70. The quantitative estimate of drug-likeness (QED) is 0.190. The number of rotatable bonds is 10. The number of aliphatic hydroxyl groups is 1. The molecule has 4 rings (SSSR count). The maximum absolute atomic E-state index is 13.3. The highest BCUT2D eigenvalue weighted by Gasteiger charge is 2.46. The number of amides is 1. The number of aromatic hydroxyl groups is 1. The van der Waals surface area contributed by atoms with Crippen molar-refractivity contribution in [2.45, 2.75) is 50.0 Å². The van der Waals surface area contributed by atoms with Gasteiger partial charge in [0, 0.05) is 38.9 Å². The van der Waals surface area contributed by atoms with Crippen molar-refractivity contribution in [1.82, 2.24) is 9.21 Å². The van der Waals surface area contributed by atoms with Crippen molar-refractivity contribution < 1.29 is 37.7 Å². The molecule has 2 N–H and O–H groups in total. The number of nitrogens with zero attached hydrogens (tertiary/aromatic N) is 2. The van der Waals surface area contributed by atoms with Crippen molar-refractivity contribution in [2.75, 3.05) is 40.0 Å². The molecular formula is C29H36N2O8S. The molecule has 2 aromatic rings. The fourth-order valence-electron chi connectivity index (χ4n) is 5.18. The SMILES string of the molecule is CCOc1cc(C2/C(=C(\O)c3ccc(S(=O)(=O)N4CCCCCC4)cc3)C(=O)C(=O)N2CCCOC)ccc1O. The summed E-state index contributed by atoms with van der Waals surface area (Å²) in [5, 5.41) is 21.6. The average Bonchev–Trinajstić information content (AvgIpc) is 3.13.